The molecule has 2 heterocycles. The molecule has 3 aromatic carbocycles. The van der Waals surface area contributed by atoms with Crippen molar-refractivity contribution >= 4 is 10.9 Å². The number of hydrogen-bond donors (Lipinski definition) is 1. The Bertz CT molecular complexity index is 1150. The van der Waals surface area contributed by atoms with E-state index in [1.54, 1.807) is 12.1 Å². The van der Waals surface area contributed by atoms with Gasteiger partial charge >= 0.3 is 0 Å². The normalized spacial score (nSPS) is 17.5. The van der Waals surface area contributed by atoms with Gasteiger partial charge in [-0.25, -0.2) is 9.07 Å². The first kappa shape index (κ1) is 19.0. The summed E-state index contributed by atoms with van der Waals surface area (Å²) in [6.07, 6.45) is 1.90. The summed E-state index contributed by atoms with van der Waals surface area (Å²) in [5.41, 5.74) is 5.82. The van der Waals surface area contributed by atoms with Crippen molar-refractivity contribution in [3.63, 3.8) is 0 Å². The zero-order valence-corrected chi connectivity index (χ0v) is 17.1. The number of hydrogen-bond acceptors (Lipinski definition) is 3. The molecule has 1 N–H and O–H groups in total. The van der Waals surface area contributed by atoms with Gasteiger partial charge in [-0.2, -0.15) is 5.10 Å². The summed E-state index contributed by atoms with van der Waals surface area (Å²) in [6, 6.07) is 21.9. The number of rotatable bonds is 4. The van der Waals surface area contributed by atoms with Crippen molar-refractivity contribution in [1.29, 1.82) is 0 Å². The lowest BCUT2D eigenvalue weighted by Crippen LogP contribution is -2.45. The second-order valence-corrected chi connectivity index (χ2v) is 8.03. The van der Waals surface area contributed by atoms with Crippen LogP contribution < -0.4 is 5.32 Å². The first-order chi connectivity index (χ1) is 14.7. The van der Waals surface area contributed by atoms with Crippen LogP contribution >= 0.6 is 0 Å². The number of aryl methyl sites for hydroxylation is 1. The molecule has 1 aliphatic rings. The van der Waals surface area contributed by atoms with Gasteiger partial charge in [0.05, 0.1) is 17.4 Å². The molecular formula is C25H25FN4. The van der Waals surface area contributed by atoms with E-state index in [1.165, 1.54) is 28.8 Å². The highest BCUT2D eigenvalue weighted by Crippen LogP contribution is 2.28. The molecule has 0 amide bonds. The van der Waals surface area contributed by atoms with Crippen molar-refractivity contribution in [3.05, 3.63) is 95.4 Å². The summed E-state index contributed by atoms with van der Waals surface area (Å²) in [4.78, 5) is 2.52. The number of nitrogens with zero attached hydrogens (tertiary/aromatic N) is 3. The molecule has 0 bridgehead atoms. The molecule has 1 aromatic heterocycles. The summed E-state index contributed by atoms with van der Waals surface area (Å²) in [7, 11) is 0. The fourth-order valence-corrected chi connectivity index (χ4v) is 4.36. The summed E-state index contributed by atoms with van der Waals surface area (Å²) in [5, 5.41) is 9.35. The van der Waals surface area contributed by atoms with Crippen LogP contribution in [0.1, 0.15) is 22.7 Å². The largest absolute Gasteiger partial charge is 0.308 e. The number of aromatic nitrogens is 2. The van der Waals surface area contributed by atoms with Gasteiger partial charge < -0.3 is 5.32 Å². The monoisotopic (exact) mass is 400 g/mol. The zero-order chi connectivity index (χ0) is 20.5. The maximum atomic E-state index is 13.3. The molecule has 1 fully saturated rings. The van der Waals surface area contributed by atoms with Crippen LogP contribution in [0.2, 0.25) is 0 Å². The molecule has 1 aliphatic heterocycles. The van der Waals surface area contributed by atoms with Crippen LogP contribution in [0.15, 0.2) is 72.9 Å². The van der Waals surface area contributed by atoms with Crippen LogP contribution in [0.5, 0.6) is 0 Å². The lowest BCUT2D eigenvalue weighted by molar-refractivity contribution is 0.193. The van der Waals surface area contributed by atoms with Crippen molar-refractivity contribution in [2.24, 2.45) is 0 Å². The van der Waals surface area contributed by atoms with E-state index in [-0.39, 0.29) is 5.82 Å². The second kappa shape index (κ2) is 8.01. The Labute approximate surface area is 175 Å². The Kier molecular flexibility index (Phi) is 5.07. The first-order valence-electron chi connectivity index (χ1n) is 10.4. The molecule has 152 valence electrons. The van der Waals surface area contributed by atoms with Crippen molar-refractivity contribution in [2.75, 3.05) is 19.6 Å². The van der Waals surface area contributed by atoms with Crippen molar-refractivity contribution in [3.8, 4) is 5.69 Å². The SMILES string of the molecule is Cc1cc2c(cnn2-c2ccc(F)cc2)cc1[C@@H]1CN(Cc2ccccc2)CCN1. The molecule has 1 atom stereocenters. The molecule has 0 spiro atoms. The molecule has 4 nitrogen and oxygen atoms in total. The van der Waals surface area contributed by atoms with Gasteiger partial charge in [-0.1, -0.05) is 30.3 Å². The number of nitrogens with one attached hydrogen (secondary N) is 1. The first-order valence-corrected chi connectivity index (χ1v) is 10.4. The van der Waals surface area contributed by atoms with Crippen molar-refractivity contribution < 1.29 is 4.39 Å². The number of halogens is 1. The fourth-order valence-electron chi connectivity index (χ4n) is 4.36. The fraction of sp³-hybridized carbons (Fsp3) is 0.240. The Morgan fingerprint density at radius 3 is 2.67 bits per heavy atom. The van der Waals surface area contributed by atoms with Gasteiger partial charge in [0.1, 0.15) is 5.82 Å². The molecule has 5 heteroatoms. The highest BCUT2D eigenvalue weighted by atomic mass is 19.1. The van der Waals surface area contributed by atoms with Crippen molar-refractivity contribution in [1.82, 2.24) is 20.0 Å². The second-order valence-electron chi connectivity index (χ2n) is 8.03. The number of benzene rings is 3. The van der Waals surface area contributed by atoms with Crippen LogP contribution in [-0.2, 0) is 6.54 Å². The predicted octanol–water partition coefficient (Wildman–Crippen LogP) is 4.62. The topological polar surface area (TPSA) is 33.1 Å². The van der Waals surface area contributed by atoms with E-state index in [4.69, 9.17) is 0 Å². The van der Waals surface area contributed by atoms with Crippen LogP contribution in [0, 0.1) is 12.7 Å². The molecule has 0 unspecified atom stereocenters. The van der Waals surface area contributed by atoms with Crippen LogP contribution in [-0.4, -0.2) is 34.3 Å². The standard InChI is InChI=1S/C25H25FN4/c1-18-13-25-20(15-28-30(25)22-9-7-21(26)8-10-22)14-23(18)24-17-29(12-11-27-24)16-19-5-3-2-4-6-19/h2-10,13-15,24,27H,11-12,16-17H2,1H3/t24-/m0/s1. The summed E-state index contributed by atoms with van der Waals surface area (Å²) >= 11 is 0. The lowest BCUT2D eigenvalue weighted by atomic mass is 9.97. The van der Waals surface area contributed by atoms with Crippen LogP contribution in [0.3, 0.4) is 0 Å². The van der Waals surface area contributed by atoms with Gasteiger partial charge in [-0.15, -0.1) is 0 Å². The molecule has 5 rings (SSSR count). The van der Waals surface area contributed by atoms with E-state index >= 15 is 0 Å². The summed E-state index contributed by atoms with van der Waals surface area (Å²) < 4.78 is 15.2. The molecule has 1 saturated heterocycles. The van der Waals surface area contributed by atoms with Crippen LogP contribution in [0.25, 0.3) is 16.6 Å². The quantitative estimate of drug-likeness (QED) is 0.543. The van der Waals surface area contributed by atoms with E-state index in [9.17, 15) is 4.39 Å². The highest BCUT2D eigenvalue weighted by molar-refractivity contribution is 5.82. The van der Waals surface area contributed by atoms with E-state index in [1.807, 2.05) is 10.9 Å². The van der Waals surface area contributed by atoms with E-state index in [0.717, 1.165) is 42.8 Å². The smallest absolute Gasteiger partial charge is 0.123 e. The van der Waals surface area contributed by atoms with Crippen molar-refractivity contribution in [2.45, 2.75) is 19.5 Å². The third-order valence-corrected chi connectivity index (χ3v) is 5.91. The van der Waals surface area contributed by atoms with Gasteiger partial charge in [0.2, 0.25) is 0 Å². The van der Waals surface area contributed by atoms with Gasteiger partial charge in [0.25, 0.3) is 0 Å². The Hall–Kier alpha value is -3.02. The van der Waals surface area contributed by atoms with E-state index in [0.29, 0.717) is 6.04 Å². The molecule has 4 aromatic rings. The van der Waals surface area contributed by atoms with Crippen LogP contribution in [0.4, 0.5) is 4.39 Å². The predicted molar refractivity (Wildman–Crippen MR) is 118 cm³/mol. The Morgan fingerprint density at radius 2 is 1.87 bits per heavy atom. The third-order valence-electron chi connectivity index (χ3n) is 5.91. The Balaban J connectivity index is 1.41. The Morgan fingerprint density at radius 1 is 1.07 bits per heavy atom. The third kappa shape index (κ3) is 3.74. The van der Waals surface area contributed by atoms with Gasteiger partial charge in [0, 0.05) is 37.6 Å². The highest BCUT2D eigenvalue weighted by Gasteiger charge is 2.23. The molecule has 0 aliphatic carbocycles. The number of fused-ring (bicyclic) bond motifs is 1. The molecule has 0 radical (unpaired) electrons. The average molecular weight is 401 g/mol. The maximum Gasteiger partial charge on any atom is 0.123 e. The average Bonchev–Trinajstić information content (AvgIpc) is 3.17. The molecule has 0 saturated carbocycles. The van der Waals surface area contributed by atoms with Gasteiger partial charge in [-0.3, -0.25) is 4.90 Å². The summed E-state index contributed by atoms with van der Waals surface area (Å²) in [5.74, 6) is -0.239. The van der Waals surface area contributed by atoms with Gasteiger partial charge in [0.15, 0.2) is 0 Å². The minimum atomic E-state index is -0.239. The minimum absolute atomic E-state index is 0.239. The van der Waals surface area contributed by atoms with Gasteiger partial charge in [-0.05, 0) is 60.0 Å². The molecular weight excluding hydrogens is 375 g/mol. The van der Waals surface area contributed by atoms with E-state index < -0.39 is 0 Å². The summed E-state index contributed by atoms with van der Waals surface area (Å²) in [6.45, 7) is 6.14. The number of piperazine rings is 1. The maximum absolute atomic E-state index is 13.3. The lowest BCUT2D eigenvalue weighted by Gasteiger charge is -2.34. The zero-order valence-electron chi connectivity index (χ0n) is 17.1. The molecule has 30 heavy (non-hydrogen) atoms. The minimum Gasteiger partial charge on any atom is -0.308 e. The van der Waals surface area contributed by atoms with E-state index in [2.05, 4.69) is 64.7 Å².